The smallest absolute Gasteiger partial charge is 0.255 e. The van der Waals surface area contributed by atoms with Crippen molar-refractivity contribution in [1.82, 2.24) is 9.80 Å². The molecule has 2 aromatic rings. The van der Waals surface area contributed by atoms with Crippen LogP contribution >= 0.6 is 0 Å². The summed E-state index contributed by atoms with van der Waals surface area (Å²) >= 11 is 0. The van der Waals surface area contributed by atoms with Crippen molar-refractivity contribution in [3.05, 3.63) is 64.7 Å². The van der Waals surface area contributed by atoms with Crippen LogP contribution in [0.1, 0.15) is 65.6 Å². The molecule has 2 heterocycles. The summed E-state index contributed by atoms with van der Waals surface area (Å²) < 4.78 is 6.13. The predicted molar refractivity (Wildman–Crippen MR) is 129 cm³/mol. The molecule has 6 heteroatoms. The average molecular weight is 461 g/mol. The van der Waals surface area contributed by atoms with E-state index in [1.54, 1.807) is 11.0 Å². The van der Waals surface area contributed by atoms with Crippen molar-refractivity contribution >= 4 is 17.5 Å². The standard InChI is InChI=1S/C28H32N2O4/c31-22-12-13-25(26(32)17-22)30-18-24-23(28(30)33)6-3-7-27(24)34-19-21-10-8-20(9-11-21)5-4-16-29-14-1-2-15-29/h3,6-11,25H,1-2,4-5,12-19H2. The highest BCUT2D eigenvalue weighted by Crippen LogP contribution is 2.34. The van der Waals surface area contributed by atoms with Crippen LogP contribution in [0.3, 0.4) is 0 Å². The number of hydrogen-bond acceptors (Lipinski definition) is 5. The molecule has 1 amide bonds. The van der Waals surface area contributed by atoms with E-state index in [1.165, 1.54) is 44.5 Å². The molecule has 1 saturated carbocycles. The fourth-order valence-electron chi connectivity index (χ4n) is 5.38. The summed E-state index contributed by atoms with van der Waals surface area (Å²) in [6, 6.07) is 13.6. The number of carbonyl (C=O) groups is 3. The van der Waals surface area contributed by atoms with Gasteiger partial charge < -0.3 is 14.5 Å². The van der Waals surface area contributed by atoms with Crippen LogP contribution in [0.25, 0.3) is 0 Å². The lowest BCUT2D eigenvalue weighted by Crippen LogP contribution is -2.44. The van der Waals surface area contributed by atoms with E-state index in [0.29, 0.717) is 37.3 Å². The van der Waals surface area contributed by atoms with Crippen LogP contribution < -0.4 is 4.74 Å². The fourth-order valence-corrected chi connectivity index (χ4v) is 5.38. The number of hydrogen-bond donors (Lipinski definition) is 0. The minimum absolute atomic E-state index is 0.0351. The van der Waals surface area contributed by atoms with Crippen LogP contribution in [0.15, 0.2) is 42.5 Å². The molecule has 0 bridgehead atoms. The van der Waals surface area contributed by atoms with Gasteiger partial charge in [0.15, 0.2) is 5.78 Å². The summed E-state index contributed by atoms with van der Waals surface area (Å²) in [6.07, 6.45) is 5.66. The second kappa shape index (κ2) is 10.1. The lowest BCUT2D eigenvalue weighted by molar-refractivity contribution is -0.133. The maximum atomic E-state index is 13.0. The zero-order chi connectivity index (χ0) is 23.5. The summed E-state index contributed by atoms with van der Waals surface area (Å²) in [5.41, 5.74) is 3.86. The van der Waals surface area contributed by atoms with E-state index >= 15 is 0 Å². The first kappa shape index (κ1) is 22.8. The lowest BCUT2D eigenvalue weighted by Gasteiger charge is -2.29. The molecule has 2 aromatic carbocycles. The molecule has 1 saturated heterocycles. The number of likely N-dealkylation sites (tertiary alicyclic amines) is 1. The van der Waals surface area contributed by atoms with Crippen molar-refractivity contribution in [2.24, 2.45) is 0 Å². The van der Waals surface area contributed by atoms with E-state index in [9.17, 15) is 14.4 Å². The average Bonchev–Trinajstić information content (AvgIpc) is 3.47. The van der Waals surface area contributed by atoms with Crippen LogP contribution in [0, 0.1) is 0 Å². The highest BCUT2D eigenvalue weighted by Gasteiger charge is 2.39. The van der Waals surface area contributed by atoms with Gasteiger partial charge in [0.25, 0.3) is 5.91 Å². The van der Waals surface area contributed by atoms with Gasteiger partial charge in [0.1, 0.15) is 18.1 Å². The van der Waals surface area contributed by atoms with E-state index in [0.717, 1.165) is 17.5 Å². The quantitative estimate of drug-likeness (QED) is 0.558. The van der Waals surface area contributed by atoms with E-state index in [-0.39, 0.29) is 23.9 Å². The second-order valence-electron chi connectivity index (χ2n) is 9.71. The van der Waals surface area contributed by atoms with Gasteiger partial charge >= 0.3 is 0 Å². The van der Waals surface area contributed by atoms with Crippen LogP contribution in [0.2, 0.25) is 0 Å². The monoisotopic (exact) mass is 460 g/mol. The molecule has 0 N–H and O–H groups in total. The number of rotatable bonds is 8. The Morgan fingerprint density at radius 2 is 1.71 bits per heavy atom. The van der Waals surface area contributed by atoms with Gasteiger partial charge in [0.2, 0.25) is 0 Å². The number of ether oxygens (including phenoxy) is 1. The number of carbonyl (C=O) groups excluding carboxylic acids is 3. The number of fused-ring (bicyclic) bond motifs is 1. The van der Waals surface area contributed by atoms with Gasteiger partial charge in [-0.2, -0.15) is 0 Å². The summed E-state index contributed by atoms with van der Waals surface area (Å²) in [4.78, 5) is 41.1. The van der Waals surface area contributed by atoms with Crippen LogP contribution in [0.5, 0.6) is 5.75 Å². The number of amides is 1. The highest BCUT2D eigenvalue weighted by molar-refractivity contribution is 6.07. The zero-order valence-corrected chi connectivity index (χ0v) is 19.6. The minimum Gasteiger partial charge on any atom is -0.489 e. The Morgan fingerprint density at radius 1 is 0.941 bits per heavy atom. The molecular formula is C28H32N2O4. The lowest BCUT2D eigenvalue weighted by atomic mass is 9.92. The van der Waals surface area contributed by atoms with Crippen molar-refractivity contribution < 1.29 is 19.1 Å². The van der Waals surface area contributed by atoms with Crippen molar-refractivity contribution in [3.8, 4) is 5.75 Å². The van der Waals surface area contributed by atoms with Gasteiger partial charge in [-0.1, -0.05) is 30.3 Å². The Kier molecular flexibility index (Phi) is 6.77. The molecule has 0 spiro atoms. The van der Waals surface area contributed by atoms with Crippen LogP contribution in [0.4, 0.5) is 0 Å². The molecule has 5 rings (SSSR count). The molecule has 178 valence electrons. The summed E-state index contributed by atoms with van der Waals surface area (Å²) in [5, 5.41) is 0. The van der Waals surface area contributed by atoms with E-state index in [4.69, 9.17) is 4.74 Å². The predicted octanol–water partition coefficient (Wildman–Crippen LogP) is 3.94. The molecule has 1 atom stereocenters. The van der Waals surface area contributed by atoms with E-state index in [2.05, 4.69) is 29.2 Å². The first-order valence-electron chi connectivity index (χ1n) is 12.5. The Bertz CT molecular complexity index is 1070. The van der Waals surface area contributed by atoms with Crippen LogP contribution in [-0.4, -0.2) is 52.9 Å². The number of Topliss-reactive ketones (excluding diaryl/α,β-unsaturated/α-hetero) is 2. The highest BCUT2D eigenvalue weighted by atomic mass is 16.5. The van der Waals surface area contributed by atoms with Gasteiger partial charge in [-0.3, -0.25) is 14.4 Å². The fraction of sp³-hybridized carbons (Fsp3) is 0.464. The molecule has 0 radical (unpaired) electrons. The van der Waals surface area contributed by atoms with Crippen molar-refractivity contribution in [1.29, 1.82) is 0 Å². The van der Waals surface area contributed by atoms with E-state index < -0.39 is 6.04 Å². The first-order chi connectivity index (χ1) is 16.6. The van der Waals surface area contributed by atoms with Gasteiger partial charge in [-0.05, 0) is 75.0 Å². The third-order valence-electron chi connectivity index (χ3n) is 7.32. The molecule has 34 heavy (non-hydrogen) atoms. The molecule has 0 aromatic heterocycles. The SMILES string of the molecule is O=C1CCC(N2Cc3c(OCc4ccc(CCCN5CCCC5)cc4)cccc3C2=O)C(=O)C1. The third kappa shape index (κ3) is 4.92. The van der Waals surface area contributed by atoms with E-state index in [1.807, 2.05) is 12.1 Å². The number of nitrogens with zero attached hydrogens (tertiary/aromatic N) is 2. The van der Waals surface area contributed by atoms with Crippen LogP contribution in [-0.2, 0) is 29.2 Å². The summed E-state index contributed by atoms with van der Waals surface area (Å²) in [6.45, 7) is 4.46. The van der Waals surface area contributed by atoms with Crippen molar-refractivity contribution in [3.63, 3.8) is 0 Å². The summed E-state index contributed by atoms with van der Waals surface area (Å²) in [7, 11) is 0. The Hall–Kier alpha value is -2.99. The van der Waals surface area contributed by atoms with Gasteiger partial charge in [0, 0.05) is 17.5 Å². The zero-order valence-electron chi connectivity index (χ0n) is 19.6. The molecule has 6 nitrogen and oxygen atoms in total. The first-order valence-corrected chi connectivity index (χ1v) is 12.5. The number of ketones is 2. The minimum atomic E-state index is -0.511. The van der Waals surface area contributed by atoms with Crippen molar-refractivity contribution in [2.75, 3.05) is 19.6 Å². The normalized spacial score (nSPS) is 20.8. The Labute approximate surface area is 200 Å². The van der Waals surface area contributed by atoms with Gasteiger partial charge in [-0.15, -0.1) is 0 Å². The maximum absolute atomic E-state index is 13.0. The maximum Gasteiger partial charge on any atom is 0.255 e. The Morgan fingerprint density at radius 3 is 2.47 bits per heavy atom. The van der Waals surface area contributed by atoms with Gasteiger partial charge in [0.05, 0.1) is 19.0 Å². The molecular weight excluding hydrogens is 428 g/mol. The summed E-state index contributed by atoms with van der Waals surface area (Å²) in [5.74, 6) is 0.348. The molecule has 1 aliphatic carbocycles. The molecule has 2 aliphatic heterocycles. The van der Waals surface area contributed by atoms with Gasteiger partial charge in [-0.25, -0.2) is 0 Å². The van der Waals surface area contributed by atoms with Crippen molar-refractivity contribution in [2.45, 2.75) is 64.1 Å². The molecule has 3 aliphatic rings. The number of benzene rings is 2. The largest absolute Gasteiger partial charge is 0.489 e. The molecule has 1 unspecified atom stereocenters. The number of aryl methyl sites for hydroxylation is 1. The third-order valence-corrected chi connectivity index (χ3v) is 7.32. The molecule has 2 fully saturated rings. The Balaban J connectivity index is 1.18. The topological polar surface area (TPSA) is 66.9 Å². The second-order valence-corrected chi connectivity index (χ2v) is 9.71.